The normalized spacial score (nSPS) is 14.0. The van der Waals surface area contributed by atoms with E-state index in [1.165, 1.54) is 6.20 Å². The minimum atomic E-state index is -0.589. The van der Waals surface area contributed by atoms with Crippen LogP contribution in [-0.4, -0.2) is 54.1 Å². The van der Waals surface area contributed by atoms with Crippen LogP contribution < -0.4 is 10.3 Å². The van der Waals surface area contributed by atoms with Crippen molar-refractivity contribution in [3.05, 3.63) is 47.7 Å². The summed E-state index contributed by atoms with van der Waals surface area (Å²) in [5.41, 5.74) is 1.10. The van der Waals surface area contributed by atoms with Crippen LogP contribution in [0.4, 0.5) is 8.78 Å². The molecule has 0 unspecified atom stereocenters. The molecular weight excluding hydrogens is 380 g/mol. The molecule has 1 aliphatic rings. The quantitative estimate of drug-likeness (QED) is 0.643. The summed E-state index contributed by atoms with van der Waals surface area (Å²) in [5.74, 6) is -1.47. The van der Waals surface area contributed by atoms with Crippen LogP contribution in [0, 0.1) is 11.6 Å². The maximum Gasteiger partial charge on any atom is 0.252 e. The molecule has 0 aliphatic carbocycles. The maximum atomic E-state index is 14.5. The number of benzene rings is 1. The van der Waals surface area contributed by atoms with Gasteiger partial charge in [-0.25, -0.2) is 13.8 Å². The van der Waals surface area contributed by atoms with Crippen molar-refractivity contribution >= 4 is 16.9 Å². The van der Waals surface area contributed by atoms with E-state index in [0.717, 1.165) is 44.1 Å². The van der Waals surface area contributed by atoms with Crippen molar-refractivity contribution < 1.29 is 18.3 Å². The molecule has 1 aliphatic heterocycles. The molecule has 7 nitrogen and oxygen atoms in total. The first-order valence-corrected chi connectivity index (χ1v) is 9.45. The van der Waals surface area contributed by atoms with E-state index in [2.05, 4.69) is 15.4 Å². The lowest BCUT2D eigenvalue weighted by Crippen LogP contribution is -2.32. The molecule has 1 amide bonds. The largest absolute Gasteiger partial charge is 0.383 e. The molecule has 0 bridgehead atoms. The number of ether oxygens (including phenoxy) is 1. The Labute approximate surface area is 166 Å². The Hall–Kier alpha value is -3.07. The van der Waals surface area contributed by atoms with Gasteiger partial charge in [0.15, 0.2) is 5.65 Å². The summed E-state index contributed by atoms with van der Waals surface area (Å²) < 4.78 is 33.2. The van der Waals surface area contributed by atoms with E-state index in [1.807, 2.05) is 5.01 Å². The molecule has 3 aromatic rings. The molecule has 1 aromatic carbocycles. The van der Waals surface area contributed by atoms with E-state index in [-0.39, 0.29) is 17.2 Å². The first kappa shape index (κ1) is 19.3. The Kier molecular flexibility index (Phi) is 5.39. The standard InChI is InChI=1S/C20H21F2N5O2/c1-29-9-6-23-20(28)13-10-16-18(15-11-14(21)4-5-17(15)22)25-27(19(16)24-12-13)26-7-2-3-8-26/h4-5,10-12H,2-3,6-9H2,1H3,(H,23,28). The molecule has 1 saturated heterocycles. The summed E-state index contributed by atoms with van der Waals surface area (Å²) in [5, 5.41) is 9.77. The number of aromatic nitrogens is 3. The summed E-state index contributed by atoms with van der Waals surface area (Å²) in [7, 11) is 1.55. The number of nitrogens with one attached hydrogen (secondary N) is 1. The Morgan fingerprint density at radius 1 is 1.24 bits per heavy atom. The smallest absolute Gasteiger partial charge is 0.252 e. The van der Waals surface area contributed by atoms with Crippen molar-refractivity contribution in [2.75, 3.05) is 38.4 Å². The SMILES string of the molecule is COCCNC(=O)c1cnc2c(c1)c(-c1cc(F)ccc1F)nn2N1CCCC1. The molecule has 0 atom stereocenters. The number of amides is 1. The van der Waals surface area contributed by atoms with E-state index >= 15 is 0 Å². The van der Waals surface area contributed by atoms with Crippen LogP contribution in [-0.2, 0) is 4.74 Å². The Morgan fingerprint density at radius 2 is 2.03 bits per heavy atom. The zero-order valence-electron chi connectivity index (χ0n) is 16.0. The Balaban J connectivity index is 1.83. The highest BCUT2D eigenvalue weighted by molar-refractivity contribution is 6.00. The van der Waals surface area contributed by atoms with E-state index < -0.39 is 11.6 Å². The molecule has 152 valence electrons. The number of methoxy groups -OCH3 is 1. The lowest BCUT2D eigenvalue weighted by atomic mass is 10.1. The summed E-state index contributed by atoms with van der Waals surface area (Å²) in [4.78, 5) is 18.5. The van der Waals surface area contributed by atoms with Crippen molar-refractivity contribution in [3.63, 3.8) is 0 Å². The summed E-state index contributed by atoms with van der Waals surface area (Å²) >= 11 is 0. The van der Waals surface area contributed by atoms with Crippen molar-refractivity contribution in [2.24, 2.45) is 0 Å². The van der Waals surface area contributed by atoms with E-state index in [4.69, 9.17) is 4.74 Å². The number of halogens is 2. The van der Waals surface area contributed by atoms with Crippen LogP contribution in [0.25, 0.3) is 22.3 Å². The molecule has 0 spiro atoms. The second kappa shape index (κ2) is 8.12. The van der Waals surface area contributed by atoms with E-state index in [9.17, 15) is 13.6 Å². The average molecular weight is 401 g/mol. The minimum Gasteiger partial charge on any atom is -0.383 e. The number of nitrogens with zero attached hydrogens (tertiary/aromatic N) is 4. The molecular formula is C20H21F2N5O2. The van der Waals surface area contributed by atoms with Crippen molar-refractivity contribution in [1.82, 2.24) is 20.2 Å². The van der Waals surface area contributed by atoms with Crippen molar-refractivity contribution in [3.8, 4) is 11.3 Å². The third-order valence-corrected chi connectivity index (χ3v) is 4.89. The number of carbonyl (C=O) groups excluding carboxylic acids is 1. The van der Waals surface area contributed by atoms with Gasteiger partial charge in [-0.05, 0) is 37.1 Å². The van der Waals surface area contributed by atoms with E-state index in [0.29, 0.717) is 29.7 Å². The second-order valence-corrected chi connectivity index (χ2v) is 6.87. The summed E-state index contributed by atoms with van der Waals surface area (Å²) in [6.45, 7) is 2.32. The topological polar surface area (TPSA) is 72.3 Å². The third kappa shape index (κ3) is 3.77. The van der Waals surface area contributed by atoms with Gasteiger partial charge in [0.05, 0.1) is 17.6 Å². The molecule has 1 fully saturated rings. The summed E-state index contributed by atoms with van der Waals surface area (Å²) in [6.07, 6.45) is 3.50. The molecule has 1 N–H and O–H groups in total. The predicted molar refractivity (Wildman–Crippen MR) is 104 cm³/mol. The van der Waals surface area contributed by atoms with Crippen LogP contribution in [0.15, 0.2) is 30.5 Å². The molecule has 3 heterocycles. The lowest BCUT2D eigenvalue weighted by Gasteiger charge is -2.17. The van der Waals surface area contributed by atoms with Gasteiger partial charge in [0.2, 0.25) is 0 Å². The van der Waals surface area contributed by atoms with E-state index in [1.54, 1.807) is 18.0 Å². The number of rotatable bonds is 6. The lowest BCUT2D eigenvalue weighted by molar-refractivity contribution is 0.0937. The minimum absolute atomic E-state index is 0.0340. The predicted octanol–water partition coefficient (Wildman–Crippen LogP) is 2.48. The molecule has 0 radical (unpaired) electrons. The number of hydrogen-bond donors (Lipinski definition) is 1. The monoisotopic (exact) mass is 401 g/mol. The van der Waals surface area contributed by atoms with Gasteiger partial charge < -0.3 is 10.1 Å². The fraction of sp³-hybridized carbons (Fsp3) is 0.350. The molecule has 9 heteroatoms. The van der Waals surface area contributed by atoms with Gasteiger partial charge in [0.1, 0.15) is 17.3 Å². The number of pyridine rings is 1. The Morgan fingerprint density at radius 3 is 2.79 bits per heavy atom. The zero-order valence-corrected chi connectivity index (χ0v) is 16.0. The van der Waals surface area contributed by atoms with Gasteiger partial charge in [-0.1, -0.05) is 0 Å². The Bertz CT molecular complexity index is 1050. The highest BCUT2D eigenvalue weighted by Gasteiger charge is 2.23. The number of hydrogen-bond acceptors (Lipinski definition) is 5. The molecule has 29 heavy (non-hydrogen) atoms. The van der Waals surface area contributed by atoms with Crippen molar-refractivity contribution in [2.45, 2.75) is 12.8 Å². The van der Waals surface area contributed by atoms with Crippen LogP contribution in [0.5, 0.6) is 0 Å². The first-order chi connectivity index (χ1) is 14.1. The van der Waals surface area contributed by atoms with Gasteiger partial charge in [0, 0.05) is 38.5 Å². The number of carbonyl (C=O) groups is 1. The molecule has 2 aromatic heterocycles. The molecule has 0 saturated carbocycles. The average Bonchev–Trinajstić information content (AvgIpc) is 3.37. The van der Waals surface area contributed by atoms with Gasteiger partial charge in [0.25, 0.3) is 5.91 Å². The third-order valence-electron chi connectivity index (χ3n) is 4.89. The van der Waals surface area contributed by atoms with Crippen molar-refractivity contribution in [1.29, 1.82) is 0 Å². The highest BCUT2D eigenvalue weighted by Crippen LogP contribution is 2.30. The fourth-order valence-electron chi connectivity index (χ4n) is 3.44. The molecule has 4 rings (SSSR count). The van der Waals surface area contributed by atoms with Gasteiger partial charge in [-0.15, -0.1) is 5.10 Å². The van der Waals surface area contributed by atoms with Gasteiger partial charge >= 0.3 is 0 Å². The van der Waals surface area contributed by atoms with Gasteiger partial charge in [-0.3, -0.25) is 9.80 Å². The first-order valence-electron chi connectivity index (χ1n) is 9.45. The summed E-state index contributed by atoms with van der Waals surface area (Å²) in [6, 6.07) is 4.85. The van der Waals surface area contributed by atoms with Crippen LogP contribution >= 0.6 is 0 Å². The van der Waals surface area contributed by atoms with Crippen LogP contribution in [0.2, 0.25) is 0 Å². The number of fused-ring (bicyclic) bond motifs is 1. The fourth-order valence-corrected chi connectivity index (χ4v) is 3.44. The zero-order chi connectivity index (χ0) is 20.4. The van der Waals surface area contributed by atoms with Crippen LogP contribution in [0.3, 0.4) is 0 Å². The van der Waals surface area contributed by atoms with Crippen LogP contribution in [0.1, 0.15) is 23.2 Å². The van der Waals surface area contributed by atoms with Gasteiger partial charge in [-0.2, -0.15) is 4.79 Å². The maximum absolute atomic E-state index is 14.5. The second-order valence-electron chi connectivity index (χ2n) is 6.87. The highest BCUT2D eigenvalue weighted by atomic mass is 19.1.